The Kier molecular flexibility index (Phi) is 4.76. The van der Waals surface area contributed by atoms with Crippen LogP contribution < -0.4 is 5.32 Å². The third kappa shape index (κ3) is 3.66. The molecule has 0 spiro atoms. The van der Waals surface area contributed by atoms with Gasteiger partial charge in [-0.1, -0.05) is 0 Å². The minimum Gasteiger partial charge on any atom is -0.380 e. The molecule has 2 aliphatic heterocycles. The summed E-state index contributed by atoms with van der Waals surface area (Å²) in [5.41, 5.74) is 0. The Balaban J connectivity index is 1.66. The Morgan fingerprint density at radius 1 is 1.29 bits per heavy atom. The summed E-state index contributed by atoms with van der Waals surface area (Å²) in [5.74, 6) is 0.100. The van der Waals surface area contributed by atoms with Crippen LogP contribution in [0.5, 0.6) is 0 Å². The third-order valence-corrected chi connectivity index (χ3v) is 3.56. The number of carbonyl (C=O) groups excluding carboxylic acids is 1. The van der Waals surface area contributed by atoms with Crippen molar-refractivity contribution in [3.63, 3.8) is 0 Å². The van der Waals surface area contributed by atoms with Crippen LogP contribution in [-0.4, -0.2) is 62.9 Å². The van der Waals surface area contributed by atoms with E-state index in [4.69, 9.17) is 9.47 Å². The van der Waals surface area contributed by atoms with Crippen molar-refractivity contribution in [3.05, 3.63) is 0 Å². The minimum atomic E-state index is 0.100. The molecule has 1 N–H and O–H groups in total. The molecule has 2 saturated heterocycles. The monoisotopic (exact) mass is 242 g/mol. The molecule has 2 rings (SSSR count). The maximum atomic E-state index is 11.9. The highest BCUT2D eigenvalue weighted by Crippen LogP contribution is 2.13. The number of amides is 1. The molecule has 0 aromatic rings. The van der Waals surface area contributed by atoms with Crippen LogP contribution in [0.15, 0.2) is 0 Å². The lowest BCUT2D eigenvalue weighted by molar-refractivity contribution is -0.138. The molecule has 0 saturated carbocycles. The quantitative estimate of drug-likeness (QED) is 0.754. The zero-order chi connectivity index (χ0) is 12.1. The Bertz CT molecular complexity index is 254. The van der Waals surface area contributed by atoms with Gasteiger partial charge in [0, 0.05) is 20.2 Å². The summed E-state index contributed by atoms with van der Waals surface area (Å²) in [7, 11) is 1.70. The van der Waals surface area contributed by atoms with Crippen molar-refractivity contribution in [3.8, 4) is 0 Å². The highest BCUT2D eigenvalue weighted by Gasteiger charge is 2.26. The zero-order valence-corrected chi connectivity index (χ0v) is 10.5. The topological polar surface area (TPSA) is 50.8 Å². The normalized spacial score (nSPS) is 26.4. The Labute approximate surface area is 102 Å². The smallest absolute Gasteiger partial charge is 0.248 e. The number of rotatable bonds is 4. The number of piperidine rings is 1. The van der Waals surface area contributed by atoms with Crippen molar-refractivity contribution in [2.24, 2.45) is 0 Å². The molecule has 2 aliphatic rings. The summed E-state index contributed by atoms with van der Waals surface area (Å²) >= 11 is 0. The predicted molar refractivity (Wildman–Crippen MR) is 63.8 cm³/mol. The lowest BCUT2D eigenvalue weighted by Gasteiger charge is -2.24. The summed E-state index contributed by atoms with van der Waals surface area (Å²) in [6.45, 7) is 3.72. The van der Waals surface area contributed by atoms with Gasteiger partial charge in [-0.2, -0.15) is 0 Å². The molecule has 0 aliphatic carbocycles. The second-order valence-electron chi connectivity index (χ2n) is 4.75. The molecule has 0 aromatic heterocycles. The molecule has 0 bridgehead atoms. The highest BCUT2D eigenvalue weighted by atomic mass is 16.5. The summed E-state index contributed by atoms with van der Waals surface area (Å²) in [5, 5.41) is 3.28. The van der Waals surface area contributed by atoms with Crippen LogP contribution in [0.3, 0.4) is 0 Å². The lowest BCUT2D eigenvalue weighted by atomic mass is 10.1. The van der Waals surface area contributed by atoms with Gasteiger partial charge in [-0.25, -0.2) is 0 Å². The number of carbonyl (C=O) groups is 1. The van der Waals surface area contributed by atoms with E-state index in [2.05, 4.69) is 5.32 Å². The van der Waals surface area contributed by atoms with Gasteiger partial charge in [0.15, 0.2) is 0 Å². The molecule has 2 heterocycles. The van der Waals surface area contributed by atoms with Gasteiger partial charge in [0.05, 0.1) is 12.2 Å². The summed E-state index contributed by atoms with van der Waals surface area (Å²) in [6.07, 6.45) is 3.41. The van der Waals surface area contributed by atoms with E-state index in [9.17, 15) is 4.79 Å². The molecule has 0 radical (unpaired) electrons. The Morgan fingerprint density at radius 3 is 2.71 bits per heavy atom. The fourth-order valence-electron chi connectivity index (χ4n) is 2.39. The van der Waals surface area contributed by atoms with Gasteiger partial charge < -0.3 is 19.7 Å². The molecular weight excluding hydrogens is 220 g/mol. The SMILES string of the molecule is COC1CCN(C(=O)COC2CCNCC2)C1. The second kappa shape index (κ2) is 6.33. The minimum absolute atomic E-state index is 0.100. The standard InChI is InChI=1S/C12H22N2O3/c1-16-11-4-7-14(8-11)12(15)9-17-10-2-5-13-6-3-10/h10-11,13H,2-9H2,1H3. The van der Waals surface area contributed by atoms with Crippen LogP contribution in [0.25, 0.3) is 0 Å². The summed E-state index contributed by atoms with van der Waals surface area (Å²) < 4.78 is 10.9. The van der Waals surface area contributed by atoms with E-state index in [-0.39, 0.29) is 24.7 Å². The fraction of sp³-hybridized carbons (Fsp3) is 0.917. The molecule has 17 heavy (non-hydrogen) atoms. The number of nitrogens with zero attached hydrogens (tertiary/aromatic N) is 1. The van der Waals surface area contributed by atoms with Crippen molar-refractivity contribution < 1.29 is 14.3 Å². The first-order valence-corrected chi connectivity index (χ1v) is 6.42. The van der Waals surface area contributed by atoms with Gasteiger partial charge in [-0.3, -0.25) is 4.79 Å². The van der Waals surface area contributed by atoms with Crippen LogP contribution in [0.4, 0.5) is 0 Å². The Morgan fingerprint density at radius 2 is 2.06 bits per heavy atom. The number of hydrogen-bond acceptors (Lipinski definition) is 4. The number of nitrogens with one attached hydrogen (secondary N) is 1. The number of methoxy groups -OCH3 is 1. The van der Waals surface area contributed by atoms with Gasteiger partial charge in [0.2, 0.25) is 5.91 Å². The van der Waals surface area contributed by atoms with Crippen molar-refractivity contribution in [1.29, 1.82) is 0 Å². The predicted octanol–water partition coefficient (Wildman–Crippen LogP) is 0.00230. The maximum absolute atomic E-state index is 11.9. The molecule has 1 atom stereocenters. The van der Waals surface area contributed by atoms with E-state index in [1.165, 1.54) is 0 Å². The summed E-state index contributed by atoms with van der Waals surface area (Å²) in [4.78, 5) is 13.7. The summed E-state index contributed by atoms with van der Waals surface area (Å²) in [6, 6.07) is 0. The molecule has 98 valence electrons. The van der Waals surface area contributed by atoms with Gasteiger partial charge in [-0.05, 0) is 32.4 Å². The molecule has 5 nitrogen and oxygen atoms in total. The van der Waals surface area contributed by atoms with Crippen molar-refractivity contribution >= 4 is 5.91 Å². The number of ether oxygens (including phenoxy) is 2. The first-order chi connectivity index (χ1) is 8.29. The van der Waals surface area contributed by atoms with E-state index in [1.54, 1.807) is 7.11 Å². The first kappa shape index (κ1) is 12.8. The van der Waals surface area contributed by atoms with Gasteiger partial charge in [0.25, 0.3) is 0 Å². The van der Waals surface area contributed by atoms with E-state index in [0.29, 0.717) is 6.54 Å². The molecule has 2 fully saturated rings. The van der Waals surface area contributed by atoms with Crippen LogP contribution in [0.1, 0.15) is 19.3 Å². The molecular formula is C12H22N2O3. The third-order valence-electron chi connectivity index (χ3n) is 3.56. The second-order valence-corrected chi connectivity index (χ2v) is 4.75. The molecule has 1 amide bonds. The van der Waals surface area contributed by atoms with Crippen LogP contribution >= 0.6 is 0 Å². The largest absolute Gasteiger partial charge is 0.380 e. The van der Waals surface area contributed by atoms with Crippen LogP contribution in [0, 0.1) is 0 Å². The van der Waals surface area contributed by atoms with E-state index >= 15 is 0 Å². The Hall–Kier alpha value is -0.650. The van der Waals surface area contributed by atoms with Crippen molar-refractivity contribution in [2.75, 3.05) is 39.9 Å². The van der Waals surface area contributed by atoms with E-state index < -0.39 is 0 Å². The lowest BCUT2D eigenvalue weighted by Crippen LogP contribution is -2.37. The fourth-order valence-corrected chi connectivity index (χ4v) is 2.39. The van der Waals surface area contributed by atoms with Crippen molar-refractivity contribution in [2.45, 2.75) is 31.5 Å². The van der Waals surface area contributed by atoms with Gasteiger partial charge in [0.1, 0.15) is 6.61 Å². The first-order valence-electron chi connectivity index (χ1n) is 6.42. The van der Waals surface area contributed by atoms with Crippen molar-refractivity contribution in [1.82, 2.24) is 10.2 Å². The average molecular weight is 242 g/mol. The highest BCUT2D eigenvalue weighted by molar-refractivity contribution is 5.77. The molecule has 0 aromatic carbocycles. The van der Waals surface area contributed by atoms with E-state index in [1.807, 2.05) is 4.90 Å². The van der Waals surface area contributed by atoms with E-state index in [0.717, 1.165) is 38.9 Å². The molecule has 1 unspecified atom stereocenters. The maximum Gasteiger partial charge on any atom is 0.248 e. The molecule has 5 heteroatoms. The zero-order valence-electron chi connectivity index (χ0n) is 10.5. The van der Waals surface area contributed by atoms with Gasteiger partial charge in [-0.15, -0.1) is 0 Å². The average Bonchev–Trinajstić information content (AvgIpc) is 2.86. The van der Waals surface area contributed by atoms with Gasteiger partial charge >= 0.3 is 0 Å². The number of hydrogen-bond donors (Lipinski definition) is 1. The van der Waals surface area contributed by atoms with Crippen LogP contribution in [-0.2, 0) is 14.3 Å². The van der Waals surface area contributed by atoms with Crippen LogP contribution in [0.2, 0.25) is 0 Å². The number of likely N-dealkylation sites (tertiary alicyclic amines) is 1.